The molecule has 1 atom stereocenters. The fourth-order valence-electron chi connectivity index (χ4n) is 1.23. The third kappa shape index (κ3) is 2.88. The van der Waals surface area contributed by atoms with Crippen LogP contribution in [-0.4, -0.2) is 24.1 Å². The summed E-state index contributed by atoms with van der Waals surface area (Å²) < 4.78 is 0. The lowest BCUT2D eigenvalue weighted by atomic mass is 10.1. The van der Waals surface area contributed by atoms with E-state index in [4.69, 9.17) is 10.9 Å². The van der Waals surface area contributed by atoms with Crippen LogP contribution < -0.4 is 16.4 Å². The number of nitrogens with two attached hydrogens (primary N) is 1. The molecule has 0 fully saturated rings. The molecule has 0 bridgehead atoms. The fourth-order valence-corrected chi connectivity index (χ4v) is 1.23. The summed E-state index contributed by atoms with van der Waals surface area (Å²) in [7, 11) is 1.49. The Morgan fingerprint density at radius 2 is 2.06 bits per heavy atom. The van der Waals surface area contributed by atoms with Crippen LogP contribution in [0.2, 0.25) is 0 Å². The molecule has 0 radical (unpaired) electrons. The Labute approximate surface area is 93.1 Å². The zero-order valence-corrected chi connectivity index (χ0v) is 8.84. The second-order valence-corrected chi connectivity index (χ2v) is 3.09. The lowest BCUT2D eigenvalue weighted by Gasteiger charge is -2.17. The van der Waals surface area contributed by atoms with Crippen molar-refractivity contribution >= 4 is 11.9 Å². The minimum atomic E-state index is -0.647. The van der Waals surface area contributed by atoms with Crippen molar-refractivity contribution in [3.05, 3.63) is 35.9 Å². The van der Waals surface area contributed by atoms with Gasteiger partial charge in [0.05, 0.1) is 0 Å². The van der Waals surface area contributed by atoms with Crippen molar-refractivity contribution in [2.75, 3.05) is 7.05 Å². The van der Waals surface area contributed by atoms with Crippen molar-refractivity contribution in [3.8, 4) is 0 Å². The van der Waals surface area contributed by atoms with Crippen LogP contribution in [-0.2, 0) is 0 Å². The molecule has 6 nitrogen and oxygen atoms in total. The molecule has 1 rings (SSSR count). The molecule has 86 valence electrons. The number of amides is 2. The maximum Gasteiger partial charge on any atom is 0.315 e. The molecule has 0 saturated carbocycles. The third-order valence-electron chi connectivity index (χ3n) is 2.05. The number of nitrogens with zero attached hydrogens (tertiary/aromatic N) is 1. The summed E-state index contributed by atoms with van der Waals surface area (Å²) in [5.41, 5.74) is 6.25. The Morgan fingerprint density at radius 1 is 1.44 bits per heavy atom. The molecule has 2 amide bonds. The van der Waals surface area contributed by atoms with Gasteiger partial charge in [-0.05, 0) is 5.56 Å². The second kappa shape index (κ2) is 5.59. The van der Waals surface area contributed by atoms with Gasteiger partial charge in [0.15, 0.2) is 5.84 Å². The van der Waals surface area contributed by atoms with Gasteiger partial charge in [-0.15, -0.1) is 0 Å². The average Bonchev–Trinajstić information content (AvgIpc) is 2.35. The highest BCUT2D eigenvalue weighted by Gasteiger charge is 2.17. The molecule has 0 aliphatic heterocycles. The van der Waals surface area contributed by atoms with Crippen LogP contribution in [0.25, 0.3) is 0 Å². The van der Waals surface area contributed by atoms with E-state index in [1.165, 1.54) is 7.05 Å². The van der Waals surface area contributed by atoms with Crippen LogP contribution in [0, 0.1) is 0 Å². The standard InChI is InChI=1S/C10H14N4O2/c1-12-10(15)13-8(9(11)14-16)7-5-3-2-4-6-7/h2-6,8,16H,1H3,(H2,11,14)(H2,12,13,15). The van der Waals surface area contributed by atoms with E-state index in [-0.39, 0.29) is 5.84 Å². The number of carbonyl (C=O) groups excluding carboxylic acids is 1. The first kappa shape index (κ1) is 11.8. The molecular formula is C10H14N4O2. The normalized spacial score (nSPS) is 12.9. The summed E-state index contributed by atoms with van der Waals surface area (Å²) in [6, 6.07) is 7.95. The Kier molecular flexibility index (Phi) is 4.14. The van der Waals surface area contributed by atoms with Crippen molar-refractivity contribution in [3.63, 3.8) is 0 Å². The van der Waals surface area contributed by atoms with Crippen LogP contribution in [0.15, 0.2) is 35.5 Å². The number of amidine groups is 1. The summed E-state index contributed by atoms with van der Waals surface area (Å²) in [4.78, 5) is 11.2. The van der Waals surface area contributed by atoms with Gasteiger partial charge in [-0.3, -0.25) is 0 Å². The highest BCUT2D eigenvalue weighted by molar-refractivity contribution is 5.90. The monoisotopic (exact) mass is 222 g/mol. The molecule has 0 aromatic heterocycles. The third-order valence-corrected chi connectivity index (χ3v) is 2.05. The van der Waals surface area contributed by atoms with Gasteiger partial charge in [0, 0.05) is 7.05 Å². The molecule has 0 saturated heterocycles. The molecule has 0 aliphatic carbocycles. The van der Waals surface area contributed by atoms with Crippen molar-refractivity contribution in [1.82, 2.24) is 10.6 Å². The fraction of sp³-hybridized carbons (Fsp3) is 0.200. The van der Waals surface area contributed by atoms with Crippen molar-refractivity contribution in [2.45, 2.75) is 6.04 Å². The first-order chi connectivity index (χ1) is 7.69. The highest BCUT2D eigenvalue weighted by Crippen LogP contribution is 2.12. The van der Waals surface area contributed by atoms with Gasteiger partial charge in [-0.1, -0.05) is 35.5 Å². The zero-order valence-electron chi connectivity index (χ0n) is 8.84. The Morgan fingerprint density at radius 3 is 2.56 bits per heavy atom. The number of oxime groups is 1. The summed E-state index contributed by atoms with van der Waals surface area (Å²) >= 11 is 0. The Balaban J connectivity index is 2.93. The quantitative estimate of drug-likeness (QED) is 0.258. The maximum atomic E-state index is 11.2. The van der Waals surface area contributed by atoms with Gasteiger partial charge >= 0.3 is 6.03 Å². The van der Waals surface area contributed by atoms with Gasteiger partial charge in [-0.2, -0.15) is 0 Å². The number of hydrogen-bond acceptors (Lipinski definition) is 3. The van der Waals surface area contributed by atoms with Crippen molar-refractivity contribution in [2.24, 2.45) is 10.9 Å². The van der Waals surface area contributed by atoms with Crippen LogP contribution in [0.5, 0.6) is 0 Å². The van der Waals surface area contributed by atoms with Crippen molar-refractivity contribution < 1.29 is 10.0 Å². The molecule has 1 aromatic rings. The Hall–Kier alpha value is -2.24. The van der Waals surface area contributed by atoms with Crippen LogP contribution in [0.3, 0.4) is 0 Å². The molecule has 0 heterocycles. The molecule has 16 heavy (non-hydrogen) atoms. The Bertz CT molecular complexity index is 378. The second-order valence-electron chi connectivity index (χ2n) is 3.09. The maximum absolute atomic E-state index is 11.2. The predicted molar refractivity (Wildman–Crippen MR) is 60.2 cm³/mol. The number of rotatable bonds is 3. The molecule has 1 unspecified atom stereocenters. The summed E-state index contributed by atoms with van der Waals surface area (Å²) in [5.74, 6) is -0.0743. The minimum Gasteiger partial charge on any atom is -0.409 e. The lowest BCUT2D eigenvalue weighted by molar-refractivity contribution is 0.241. The number of hydrogen-bond donors (Lipinski definition) is 4. The van der Waals surface area contributed by atoms with Gasteiger partial charge < -0.3 is 21.6 Å². The van der Waals surface area contributed by atoms with E-state index in [2.05, 4.69) is 15.8 Å². The first-order valence-electron chi connectivity index (χ1n) is 4.69. The van der Waals surface area contributed by atoms with E-state index in [1.54, 1.807) is 24.3 Å². The van der Waals surface area contributed by atoms with E-state index in [0.717, 1.165) is 5.56 Å². The van der Waals surface area contributed by atoms with E-state index in [0.29, 0.717) is 0 Å². The molecule has 5 N–H and O–H groups in total. The topological polar surface area (TPSA) is 99.7 Å². The molecule has 6 heteroatoms. The van der Waals surface area contributed by atoms with Crippen LogP contribution >= 0.6 is 0 Å². The van der Waals surface area contributed by atoms with Crippen LogP contribution in [0.1, 0.15) is 11.6 Å². The van der Waals surface area contributed by atoms with Gasteiger partial charge in [0.2, 0.25) is 0 Å². The van der Waals surface area contributed by atoms with Gasteiger partial charge in [-0.25, -0.2) is 4.79 Å². The smallest absolute Gasteiger partial charge is 0.315 e. The highest BCUT2D eigenvalue weighted by atomic mass is 16.4. The number of carbonyl (C=O) groups is 1. The molecule has 0 spiro atoms. The number of nitrogens with one attached hydrogen (secondary N) is 2. The summed E-state index contributed by atoms with van der Waals surface area (Å²) in [5, 5.41) is 16.5. The van der Waals surface area contributed by atoms with E-state index in [9.17, 15) is 4.79 Å². The minimum absolute atomic E-state index is 0.0743. The SMILES string of the molecule is CNC(=O)NC(/C(N)=N/O)c1ccccc1. The lowest BCUT2D eigenvalue weighted by Crippen LogP contribution is -2.41. The van der Waals surface area contributed by atoms with Gasteiger partial charge in [0.25, 0.3) is 0 Å². The first-order valence-corrected chi connectivity index (χ1v) is 4.69. The molecular weight excluding hydrogens is 208 g/mol. The number of benzene rings is 1. The average molecular weight is 222 g/mol. The largest absolute Gasteiger partial charge is 0.409 e. The summed E-state index contributed by atoms with van der Waals surface area (Å²) in [6.07, 6.45) is 0. The number of urea groups is 1. The van der Waals surface area contributed by atoms with Crippen LogP contribution in [0.4, 0.5) is 4.79 Å². The zero-order chi connectivity index (χ0) is 12.0. The molecule has 1 aromatic carbocycles. The van der Waals surface area contributed by atoms with E-state index >= 15 is 0 Å². The molecule has 0 aliphatic rings. The van der Waals surface area contributed by atoms with E-state index < -0.39 is 12.1 Å². The van der Waals surface area contributed by atoms with Crippen molar-refractivity contribution in [1.29, 1.82) is 0 Å². The predicted octanol–water partition coefficient (Wildman–Crippen LogP) is 0.403. The van der Waals surface area contributed by atoms with E-state index in [1.807, 2.05) is 6.07 Å². The van der Waals surface area contributed by atoms with Gasteiger partial charge in [0.1, 0.15) is 6.04 Å². The summed E-state index contributed by atoms with van der Waals surface area (Å²) in [6.45, 7) is 0.